The number of piperazine rings is 1. The molecule has 4 heterocycles. The van der Waals surface area contributed by atoms with Crippen LogP contribution in [0.1, 0.15) is 33.7 Å². The number of furan rings is 1. The highest BCUT2D eigenvalue weighted by atomic mass is 32.1. The van der Waals surface area contributed by atoms with Gasteiger partial charge in [0.05, 0.1) is 11.6 Å². The van der Waals surface area contributed by atoms with Crippen molar-refractivity contribution >= 4 is 33.3 Å². The number of nitrogens with zero attached hydrogens (tertiary/aromatic N) is 4. The Labute approximate surface area is 156 Å². The number of hydrogen-bond donors (Lipinski definition) is 0. The van der Waals surface area contributed by atoms with Gasteiger partial charge in [-0.25, -0.2) is 9.97 Å². The lowest BCUT2D eigenvalue weighted by Gasteiger charge is -2.35. The van der Waals surface area contributed by atoms with E-state index in [1.54, 1.807) is 23.5 Å². The molecule has 1 aliphatic heterocycles. The monoisotopic (exact) mass is 370 g/mol. The summed E-state index contributed by atoms with van der Waals surface area (Å²) in [7, 11) is 0. The molecule has 0 spiro atoms. The fraction of sp³-hybridized carbons (Fsp3) is 0.421. The third-order valence-corrected chi connectivity index (χ3v) is 6.07. The van der Waals surface area contributed by atoms with Crippen LogP contribution in [0, 0.1) is 13.8 Å². The Morgan fingerprint density at radius 2 is 2.00 bits per heavy atom. The number of aromatic nitrogens is 2. The predicted octanol–water partition coefficient (Wildman–Crippen LogP) is 3.43. The molecular weight excluding hydrogens is 348 g/mol. The Balaban J connectivity index is 1.60. The molecule has 3 aromatic rings. The maximum absolute atomic E-state index is 12.5. The van der Waals surface area contributed by atoms with E-state index in [0.717, 1.165) is 41.4 Å². The highest BCUT2D eigenvalue weighted by Crippen LogP contribution is 2.35. The summed E-state index contributed by atoms with van der Waals surface area (Å²) in [4.78, 5) is 28.5. The Kier molecular flexibility index (Phi) is 4.40. The molecule has 7 heteroatoms. The van der Waals surface area contributed by atoms with Crippen LogP contribution in [0.2, 0.25) is 0 Å². The molecule has 3 aromatic heterocycles. The van der Waals surface area contributed by atoms with Gasteiger partial charge in [0.2, 0.25) is 0 Å². The summed E-state index contributed by atoms with van der Waals surface area (Å²) in [5.41, 5.74) is 1.26. The number of hydrogen-bond acceptors (Lipinski definition) is 6. The number of carbonyl (C=O) groups excluding carboxylic acids is 1. The normalized spacial score (nSPS) is 15.0. The number of rotatable bonds is 3. The number of thiophene rings is 1. The van der Waals surface area contributed by atoms with Crippen LogP contribution in [0.3, 0.4) is 0 Å². The van der Waals surface area contributed by atoms with Gasteiger partial charge in [-0.3, -0.25) is 4.79 Å². The van der Waals surface area contributed by atoms with Gasteiger partial charge in [0.1, 0.15) is 16.5 Å². The van der Waals surface area contributed by atoms with Gasteiger partial charge in [-0.15, -0.1) is 11.3 Å². The number of aryl methyl sites for hydroxylation is 3. The molecule has 0 bridgehead atoms. The van der Waals surface area contributed by atoms with Crippen LogP contribution in [0.25, 0.3) is 10.2 Å². The van der Waals surface area contributed by atoms with E-state index in [2.05, 4.69) is 25.7 Å². The quantitative estimate of drug-likeness (QED) is 0.707. The first-order valence-corrected chi connectivity index (χ1v) is 9.74. The number of anilines is 1. The minimum Gasteiger partial charge on any atom is -0.459 e. The van der Waals surface area contributed by atoms with Crippen molar-refractivity contribution in [2.24, 2.45) is 0 Å². The van der Waals surface area contributed by atoms with E-state index < -0.39 is 0 Å². The largest absolute Gasteiger partial charge is 0.459 e. The maximum Gasteiger partial charge on any atom is 0.289 e. The number of amides is 1. The van der Waals surface area contributed by atoms with Gasteiger partial charge in [-0.2, -0.15) is 0 Å². The minimum atomic E-state index is -0.0423. The predicted molar refractivity (Wildman–Crippen MR) is 103 cm³/mol. The molecule has 4 rings (SSSR count). The molecule has 0 N–H and O–H groups in total. The van der Waals surface area contributed by atoms with Crippen molar-refractivity contribution in [2.75, 3.05) is 31.1 Å². The molecule has 26 heavy (non-hydrogen) atoms. The molecule has 0 radical (unpaired) electrons. The molecular formula is C19H22N4O2S. The van der Waals surface area contributed by atoms with Crippen LogP contribution in [0.5, 0.6) is 0 Å². The van der Waals surface area contributed by atoms with E-state index >= 15 is 0 Å². The van der Waals surface area contributed by atoms with Crippen molar-refractivity contribution in [3.63, 3.8) is 0 Å². The second kappa shape index (κ2) is 6.72. The van der Waals surface area contributed by atoms with E-state index in [9.17, 15) is 4.79 Å². The molecule has 0 unspecified atom stereocenters. The smallest absolute Gasteiger partial charge is 0.289 e. The standard InChI is InChI=1S/C19H22N4O2S/c1-4-15-20-17(16-12(2)13(3)26-18(16)21-15)22-7-9-23(10-8-22)19(24)14-6-5-11-25-14/h5-6,11H,4,7-10H2,1-3H3. The van der Waals surface area contributed by atoms with Gasteiger partial charge in [0.25, 0.3) is 5.91 Å². The number of carbonyl (C=O) groups is 1. The van der Waals surface area contributed by atoms with Gasteiger partial charge in [-0.05, 0) is 31.5 Å². The lowest BCUT2D eigenvalue weighted by atomic mass is 10.2. The SMILES string of the molecule is CCc1nc(N2CCN(C(=O)c3ccco3)CC2)c2c(C)c(C)sc2n1. The van der Waals surface area contributed by atoms with E-state index in [0.29, 0.717) is 18.8 Å². The summed E-state index contributed by atoms with van der Waals surface area (Å²) in [6.07, 6.45) is 2.35. The summed E-state index contributed by atoms with van der Waals surface area (Å²) in [5.74, 6) is 2.25. The second-order valence-electron chi connectivity index (χ2n) is 6.54. The Morgan fingerprint density at radius 3 is 2.65 bits per heavy atom. The Morgan fingerprint density at radius 1 is 1.23 bits per heavy atom. The third-order valence-electron chi connectivity index (χ3n) is 4.97. The Hall–Kier alpha value is -2.41. The average Bonchev–Trinajstić information content (AvgIpc) is 3.29. The van der Waals surface area contributed by atoms with Gasteiger partial charge in [-0.1, -0.05) is 6.92 Å². The van der Waals surface area contributed by atoms with Crippen molar-refractivity contribution in [2.45, 2.75) is 27.2 Å². The van der Waals surface area contributed by atoms with Crippen molar-refractivity contribution in [3.05, 3.63) is 40.4 Å². The van der Waals surface area contributed by atoms with Crippen molar-refractivity contribution in [1.82, 2.24) is 14.9 Å². The zero-order chi connectivity index (χ0) is 18.3. The molecule has 136 valence electrons. The van der Waals surface area contributed by atoms with Gasteiger partial charge in [0.15, 0.2) is 5.76 Å². The van der Waals surface area contributed by atoms with Crippen molar-refractivity contribution in [1.29, 1.82) is 0 Å². The maximum atomic E-state index is 12.5. The van der Waals surface area contributed by atoms with Gasteiger partial charge >= 0.3 is 0 Å². The fourth-order valence-corrected chi connectivity index (χ4v) is 4.38. The van der Waals surface area contributed by atoms with E-state index in [1.807, 2.05) is 4.90 Å². The first-order valence-electron chi connectivity index (χ1n) is 8.92. The molecule has 1 fully saturated rings. The lowest BCUT2D eigenvalue weighted by Crippen LogP contribution is -2.49. The lowest BCUT2D eigenvalue weighted by molar-refractivity contribution is 0.0714. The van der Waals surface area contributed by atoms with E-state index in [-0.39, 0.29) is 5.91 Å². The summed E-state index contributed by atoms with van der Waals surface area (Å²) in [6, 6.07) is 3.46. The Bertz CT molecular complexity index is 940. The fourth-order valence-electron chi connectivity index (χ4n) is 3.34. The summed E-state index contributed by atoms with van der Waals surface area (Å²) >= 11 is 1.74. The van der Waals surface area contributed by atoms with Crippen LogP contribution in [0.4, 0.5) is 5.82 Å². The molecule has 1 amide bonds. The molecule has 1 aliphatic rings. The van der Waals surface area contributed by atoms with Crippen LogP contribution >= 0.6 is 11.3 Å². The highest BCUT2D eigenvalue weighted by Gasteiger charge is 2.26. The van der Waals surface area contributed by atoms with E-state index in [1.165, 1.54) is 16.7 Å². The van der Waals surface area contributed by atoms with E-state index in [4.69, 9.17) is 14.4 Å². The molecule has 0 aromatic carbocycles. The molecule has 0 atom stereocenters. The molecule has 6 nitrogen and oxygen atoms in total. The molecule has 1 saturated heterocycles. The van der Waals surface area contributed by atoms with Crippen LogP contribution in [0.15, 0.2) is 22.8 Å². The van der Waals surface area contributed by atoms with Crippen LogP contribution < -0.4 is 4.90 Å². The minimum absolute atomic E-state index is 0.0423. The summed E-state index contributed by atoms with van der Waals surface area (Å²) in [5, 5.41) is 1.16. The van der Waals surface area contributed by atoms with Gasteiger partial charge < -0.3 is 14.2 Å². The summed E-state index contributed by atoms with van der Waals surface area (Å²) < 4.78 is 5.24. The molecule has 0 saturated carbocycles. The van der Waals surface area contributed by atoms with Gasteiger partial charge in [0, 0.05) is 37.5 Å². The summed E-state index contributed by atoms with van der Waals surface area (Å²) in [6.45, 7) is 9.20. The van der Waals surface area contributed by atoms with Crippen molar-refractivity contribution < 1.29 is 9.21 Å². The number of fused-ring (bicyclic) bond motifs is 1. The first-order chi connectivity index (χ1) is 12.6. The zero-order valence-electron chi connectivity index (χ0n) is 15.3. The first kappa shape index (κ1) is 17.0. The average molecular weight is 370 g/mol. The highest BCUT2D eigenvalue weighted by molar-refractivity contribution is 7.18. The van der Waals surface area contributed by atoms with Crippen LogP contribution in [-0.4, -0.2) is 47.0 Å². The van der Waals surface area contributed by atoms with Crippen molar-refractivity contribution in [3.8, 4) is 0 Å². The second-order valence-corrected chi connectivity index (χ2v) is 7.74. The zero-order valence-corrected chi connectivity index (χ0v) is 16.1. The van der Waals surface area contributed by atoms with Crippen LogP contribution in [-0.2, 0) is 6.42 Å². The topological polar surface area (TPSA) is 62.5 Å². The molecule has 0 aliphatic carbocycles. The third kappa shape index (κ3) is 2.86.